The summed E-state index contributed by atoms with van der Waals surface area (Å²) in [6, 6.07) is 0. The lowest BCUT2D eigenvalue weighted by atomic mass is 9.79. The highest BCUT2D eigenvalue weighted by molar-refractivity contribution is 6.03. The van der Waals surface area contributed by atoms with Gasteiger partial charge in [0.25, 0.3) is 0 Å². The molecular weight excluding hydrogens is 296 g/mol. The van der Waals surface area contributed by atoms with Gasteiger partial charge >= 0.3 is 11.9 Å². The van der Waals surface area contributed by atoms with Gasteiger partial charge in [-0.25, -0.2) is 9.59 Å². The third kappa shape index (κ3) is 4.66. The molecule has 0 amide bonds. The fraction of sp³-hybridized carbons (Fsp3) is 0.722. The smallest absolute Gasteiger partial charge is 0.332 e. The van der Waals surface area contributed by atoms with Gasteiger partial charge in [-0.2, -0.15) is 0 Å². The maximum Gasteiger partial charge on any atom is 0.332 e. The number of hydrogen-bond donors (Lipinski definition) is 2. The molecule has 2 aliphatic rings. The number of carboxylic acid groups (broad SMARTS) is 2. The van der Waals surface area contributed by atoms with Gasteiger partial charge in [-0.3, -0.25) is 4.79 Å². The van der Waals surface area contributed by atoms with E-state index in [-0.39, 0.29) is 35.2 Å². The van der Waals surface area contributed by atoms with Gasteiger partial charge in [-0.15, -0.1) is 0 Å². The van der Waals surface area contributed by atoms with Crippen LogP contribution < -0.4 is 0 Å². The van der Waals surface area contributed by atoms with Gasteiger partial charge in [-0.1, -0.05) is 38.5 Å². The number of hydrogen-bond acceptors (Lipinski definition) is 3. The van der Waals surface area contributed by atoms with E-state index in [0.29, 0.717) is 12.8 Å². The van der Waals surface area contributed by atoms with E-state index in [1.807, 2.05) is 0 Å². The van der Waals surface area contributed by atoms with E-state index >= 15 is 0 Å². The summed E-state index contributed by atoms with van der Waals surface area (Å²) in [6.07, 6.45) is 8.80. The van der Waals surface area contributed by atoms with Crippen LogP contribution >= 0.6 is 0 Å². The number of carbonyl (C=O) groups is 3. The van der Waals surface area contributed by atoms with Crippen LogP contribution in [0.25, 0.3) is 0 Å². The minimum Gasteiger partial charge on any atom is -0.478 e. The van der Waals surface area contributed by atoms with Gasteiger partial charge in [0, 0.05) is 12.3 Å². The number of aliphatic carboxylic acids is 2. The number of ketones is 1. The average molecular weight is 322 g/mol. The summed E-state index contributed by atoms with van der Waals surface area (Å²) in [5.74, 6) is -2.86. The van der Waals surface area contributed by atoms with Crippen LogP contribution in [0, 0.1) is 11.8 Å². The van der Waals surface area contributed by atoms with Gasteiger partial charge < -0.3 is 10.2 Å². The lowest BCUT2D eigenvalue weighted by Crippen LogP contribution is -2.25. The van der Waals surface area contributed by atoms with Gasteiger partial charge in [0.1, 0.15) is 5.78 Å². The van der Waals surface area contributed by atoms with Crippen LogP contribution in [0.15, 0.2) is 11.1 Å². The first kappa shape index (κ1) is 17.7. The molecule has 0 unspecified atom stereocenters. The van der Waals surface area contributed by atoms with Crippen molar-refractivity contribution in [1.82, 2.24) is 0 Å². The largest absolute Gasteiger partial charge is 0.478 e. The van der Waals surface area contributed by atoms with Crippen molar-refractivity contribution in [1.29, 1.82) is 0 Å². The molecule has 2 aliphatic carbocycles. The maximum atomic E-state index is 12.4. The minimum absolute atomic E-state index is 0.0265. The molecule has 0 atom stereocenters. The van der Waals surface area contributed by atoms with Crippen molar-refractivity contribution < 1.29 is 24.6 Å². The van der Waals surface area contributed by atoms with Crippen LogP contribution in [-0.2, 0) is 14.4 Å². The second-order valence-electron chi connectivity index (χ2n) is 6.82. The van der Waals surface area contributed by atoms with E-state index in [4.69, 9.17) is 0 Å². The predicted octanol–water partition coefficient (Wildman–Crippen LogP) is 3.57. The Morgan fingerprint density at radius 3 is 1.61 bits per heavy atom. The van der Waals surface area contributed by atoms with Gasteiger partial charge in [0.05, 0.1) is 11.1 Å². The van der Waals surface area contributed by atoms with E-state index in [1.165, 1.54) is 0 Å². The molecule has 0 aromatic rings. The van der Waals surface area contributed by atoms with Crippen molar-refractivity contribution in [2.24, 2.45) is 11.8 Å². The highest BCUT2D eigenvalue weighted by Gasteiger charge is 2.31. The van der Waals surface area contributed by atoms with Crippen molar-refractivity contribution in [3.8, 4) is 0 Å². The van der Waals surface area contributed by atoms with Crippen LogP contribution in [0.5, 0.6) is 0 Å². The molecule has 128 valence electrons. The molecule has 0 aromatic heterocycles. The fourth-order valence-electron chi connectivity index (χ4n) is 3.97. The van der Waals surface area contributed by atoms with Gasteiger partial charge in [-0.05, 0) is 31.6 Å². The zero-order chi connectivity index (χ0) is 16.8. The average Bonchev–Trinajstić information content (AvgIpc) is 2.55. The van der Waals surface area contributed by atoms with Gasteiger partial charge in [0.15, 0.2) is 0 Å². The number of carbonyl (C=O) groups excluding carboxylic acids is 1. The van der Waals surface area contributed by atoms with Crippen LogP contribution in [0.1, 0.15) is 70.6 Å². The molecule has 0 radical (unpaired) electrons. The first-order valence-corrected chi connectivity index (χ1v) is 8.73. The zero-order valence-corrected chi connectivity index (χ0v) is 13.6. The Kier molecular flexibility index (Phi) is 6.37. The van der Waals surface area contributed by atoms with E-state index in [1.54, 1.807) is 0 Å². The summed E-state index contributed by atoms with van der Waals surface area (Å²) in [6.45, 7) is 0. The summed E-state index contributed by atoms with van der Waals surface area (Å²) < 4.78 is 0. The molecule has 2 N–H and O–H groups in total. The Morgan fingerprint density at radius 2 is 1.17 bits per heavy atom. The Bertz CT molecular complexity index is 494. The molecule has 23 heavy (non-hydrogen) atoms. The number of carboxylic acids is 2. The molecule has 5 nitrogen and oxygen atoms in total. The molecule has 0 heterocycles. The Morgan fingerprint density at radius 1 is 0.696 bits per heavy atom. The van der Waals surface area contributed by atoms with E-state index in [9.17, 15) is 24.6 Å². The van der Waals surface area contributed by atoms with Crippen molar-refractivity contribution in [3.63, 3.8) is 0 Å². The Hall–Kier alpha value is -1.65. The van der Waals surface area contributed by atoms with Gasteiger partial charge in [0.2, 0.25) is 0 Å². The predicted molar refractivity (Wildman–Crippen MR) is 85.1 cm³/mol. The molecule has 0 aliphatic heterocycles. The van der Waals surface area contributed by atoms with E-state index < -0.39 is 11.9 Å². The SMILES string of the molecule is O=C(O)C(CC(=O)C1CCCCC1)=C(C(=O)O)C1CCCCC1. The summed E-state index contributed by atoms with van der Waals surface area (Å²) in [5, 5.41) is 19.0. The molecule has 0 aromatic carbocycles. The van der Waals surface area contributed by atoms with Crippen LogP contribution in [0.3, 0.4) is 0 Å². The summed E-state index contributed by atoms with van der Waals surface area (Å²) >= 11 is 0. The lowest BCUT2D eigenvalue weighted by Gasteiger charge is -2.25. The molecule has 0 bridgehead atoms. The number of rotatable bonds is 6. The van der Waals surface area contributed by atoms with E-state index in [0.717, 1.165) is 51.4 Å². The summed E-state index contributed by atoms with van der Waals surface area (Å²) in [5.41, 5.74) is -0.207. The second kappa shape index (κ2) is 8.27. The Balaban J connectivity index is 2.22. The molecule has 5 heteroatoms. The van der Waals surface area contributed by atoms with E-state index in [2.05, 4.69) is 0 Å². The first-order valence-electron chi connectivity index (χ1n) is 8.73. The molecule has 0 saturated heterocycles. The molecule has 2 saturated carbocycles. The van der Waals surface area contributed by atoms with Crippen molar-refractivity contribution in [2.75, 3.05) is 0 Å². The summed E-state index contributed by atoms with van der Waals surface area (Å²) in [7, 11) is 0. The molecule has 2 rings (SSSR count). The third-order valence-electron chi connectivity index (χ3n) is 5.24. The first-order chi connectivity index (χ1) is 11.0. The highest BCUT2D eigenvalue weighted by Crippen LogP contribution is 2.34. The van der Waals surface area contributed by atoms with Crippen molar-refractivity contribution in [2.45, 2.75) is 70.6 Å². The zero-order valence-electron chi connectivity index (χ0n) is 13.6. The topological polar surface area (TPSA) is 91.7 Å². The number of Topliss-reactive ketones (excluding diaryl/α,β-unsaturated/α-hetero) is 1. The molecule has 0 spiro atoms. The summed E-state index contributed by atoms with van der Waals surface area (Å²) in [4.78, 5) is 35.7. The quantitative estimate of drug-likeness (QED) is 0.729. The molecular formula is C18H26O5. The van der Waals surface area contributed by atoms with Crippen LogP contribution in [-0.4, -0.2) is 27.9 Å². The Labute approximate surface area is 136 Å². The highest BCUT2D eigenvalue weighted by atomic mass is 16.4. The second-order valence-corrected chi connectivity index (χ2v) is 6.82. The van der Waals surface area contributed by atoms with Crippen molar-refractivity contribution >= 4 is 17.7 Å². The minimum atomic E-state index is -1.25. The molecule has 2 fully saturated rings. The van der Waals surface area contributed by atoms with Crippen LogP contribution in [0.4, 0.5) is 0 Å². The lowest BCUT2D eigenvalue weighted by molar-refractivity contribution is -0.137. The maximum absolute atomic E-state index is 12.4. The standard InChI is InChI=1S/C18H26O5/c19-15(12-7-3-1-4-8-12)11-14(17(20)21)16(18(22)23)13-9-5-2-6-10-13/h12-13H,1-11H2,(H,20,21)(H,22,23). The fourth-order valence-corrected chi connectivity index (χ4v) is 3.97. The van der Waals surface area contributed by atoms with Crippen LogP contribution in [0.2, 0.25) is 0 Å². The normalized spacial score (nSPS) is 21.6. The monoisotopic (exact) mass is 322 g/mol. The third-order valence-corrected chi connectivity index (χ3v) is 5.24. The van der Waals surface area contributed by atoms with Crippen molar-refractivity contribution in [3.05, 3.63) is 11.1 Å².